The number of nitrogens with two attached hydrogens (primary N) is 1. The predicted octanol–water partition coefficient (Wildman–Crippen LogP) is 2.07. The third kappa shape index (κ3) is 2.79. The van der Waals surface area contributed by atoms with Gasteiger partial charge in [-0.15, -0.1) is 0 Å². The first-order valence-corrected chi connectivity index (χ1v) is 8.27. The minimum Gasteiger partial charge on any atom is -0.452 e. The van der Waals surface area contributed by atoms with Gasteiger partial charge in [0.15, 0.2) is 4.67 Å². The molecule has 1 aromatic heterocycles. The van der Waals surface area contributed by atoms with E-state index in [4.69, 9.17) is 10.2 Å². The molecule has 0 aromatic carbocycles. The Balaban J connectivity index is 2.31. The molecule has 1 saturated heterocycles. The van der Waals surface area contributed by atoms with Gasteiger partial charge in [-0.25, -0.2) is 8.42 Å². The van der Waals surface area contributed by atoms with Crippen molar-refractivity contribution in [2.24, 2.45) is 5.73 Å². The molecular weight excluding hydrogens is 320 g/mol. The molecule has 0 atom stereocenters. The highest BCUT2D eigenvalue weighted by molar-refractivity contribution is 9.10. The topological polar surface area (TPSA) is 76.5 Å². The van der Waals surface area contributed by atoms with Gasteiger partial charge in [-0.05, 0) is 28.8 Å². The second-order valence-corrected chi connectivity index (χ2v) is 7.00. The number of sulfonamides is 1. The Kier molecular flexibility index (Phi) is 4.47. The first-order valence-electron chi connectivity index (χ1n) is 6.04. The van der Waals surface area contributed by atoms with Gasteiger partial charge >= 0.3 is 0 Å². The van der Waals surface area contributed by atoms with E-state index in [-0.39, 0.29) is 16.1 Å². The molecule has 1 aliphatic rings. The zero-order chi connectivity index (χ0) is 13.2. The molecule has 7 heteroatoms. The first kappa shape index (κ1) is 14.0. The lowest BCUT2D eigenvalue weighted by Crippen LogP contribution is -2.31. The third-order valence-corrected chi connectivity index (χ3v) is 5.85. The quantitative estimate of drug-likeness (QED) is 0.916. The third-order valence-electron chi connectivity index (χ3n) is 3.09. The molecule has 1 aromatic rings. The van der Waals surface area contributed by atoms with Crippen molar-refractivity contribution in [2.75, 3.05) is 13.1 Å². The van der Waals surface area contributed by atoms with Crippen LogP contribution in [0.4, 0.5) is 0 Å². The van der Waals surface area contributed by atoms with Crippen LogP contribution < -0.4 is 5.73 Å². The number of hydrogen-bond acceptors (Lipinski definition) is 4. The van der Waals surface area contributed by atoms with Crippen LogP contribution in [0.5, 0.6) is 0 Å². The van der Waals surface area contributed by atoms with Crippen molar-refractivity contribution < 1.29 is 12.8 Å². The summed E-state index contributed by atoms with van der Waals surface area (Å²) in [5, 5.41) is 0. The van der Waals surface area contributed by atoms with Crippen molar-refractivity contribution in [2.45, 2.75) is 37.1 Å². The zero-order valence-electron chi connectivity index (χ0n) is 10.1. The van der Waals surface area contributed by atoms with E-state index in [9.17, 15) is 8.42 Å². The maximum atomic E-state index is 12.5. The standard InChI is InChI=1S/C11H17BrN2O3S/c12-11-10(7-9(8-13)17-11)18(15,16)14-5-3-1-2-4-6-14/h7H,1-6,8,13H2. The lowest BCUT2D eigenvalue weighted by Gasteiger charge is -2.18. The van der Waals surface area contributed by atoms with Gasteiger partial charge in [0.05, 0.1) is 6.54 Å². The zero-order valence-corrected chi connectivity index (χ0v) is 12.5. The second-order valence-electron chi connectivity index (χ2n) is 4.37. The van der Waals surface area contributed by atoms with Crippen molar-refractivity contribution in [3.05, 3.63) is 16.5 Å². The predicted molar refractivity (Wildman–Crippen MR) is 71.5 cm³/mol. The number of halogens is 1. The van der Waals surface area contributed by atoms with E-state index < -0.39 is 10.0 Å². The molecule has 1 aliphatic heterocycles. The summed E-state index contributed by atoms with van der Waals surface area (Å²) >= 11 is 3.15. The number of hydrogen-bond donors (Lipinski definition) is 1. The van der Waals surface area contributed by atoms with Gasteiger partial charge in [0.25, 0.3) is 0 Å². The van der Waals surface area contributed by atoms with Gasteiger partial charge in [0, 0.05) is 19.2 Å². The fourth-order valence-corrected chi connectivity index (χ4v) is 4.57. The van der Waals surface area contributed by atoms with E-state index >= 15 is 0 Å². The lowest BCUT2D eigenvalue weighted by molar-refractivity contribution is 0.420. The molecule has 2 rings (SSSR count). The van der Waals surface area contributed by atoms with Crippen LogP contribution in [0.25, 0.3) is 0 Å². The fourth-order valence-electron chi connectivity index (χ4n) is 2.10. The SMILES string of the molecule is NCc1cc(S(=O)(=O)N2CCCCCC2)c(Br)o1. The molecule has 0 radical (unpaired) electrons. The van der Waals surface area contributed by atoms with E-state index in [1.165, 1.54) is 10.4 Å². The van der Waals surface area contributed by atoms with E-state index in [1.807, 2.05) is 0 Å². The molecular formula is C11H17BrN2O3S. The molecule has 0 bridgehead atoms. The first-order chi connectivity index (χ1) is 8.55. The smallest absolute Gasteiger partial charge is 0.247 e. The molecule has 18 heavy (non-hydrogen) atoms. The van der Waals surface area contributed by atoms with Crippen LogP contribution in [-0.2, 0) is 16.6 Å². The summed E-state index contributed by atoms with van der Waals surface area (Å²) in [4.78, 5) is 0.185. The Morgan fingerprint density at radius 3 is 2.39 bits per heavy atom. The molecule has 102 valence electrons. The molecule has 1 fully saturated rings. The second kappa shape index (κ2) is 5.73. The Hall–Kier alpha value is -0.370. The molecule has 0 spiro atoms. The maximum Gasteiger partial charge on any atom is 0.247 e. The monoisotopic (exact) mass is 336 g/mol. The van der Waals surface area contributed by atoms with Crippen LogP contribution in [0, 0.1) is 0 Å². The van der Waals surface area contributed by atoms with Gasteiger partial charge < -0.3 is 10.2 Å². The Morgan fingerprint density at radius 2 is 1.89 bits per heavy atom. The van der Waals surface area contributed by atoms with Gasteiger partial charge in [0.1, 0.15) is 10.7 Å². The van der Waals surface area contributed by atoms with E-state index in [2.05, 4.69) is 15.9 Å². The lowest BCUT2D eigenvalue weighted by atomic mass is 10.2. The summed E-state index contributed by atoms with van der Waals surface area (Å²) in [6.07, 6.45) is 4.01. The molecule has 0 unspecified atom stereocenters. The van der Waals surface area contributed by atoms with E-state index in [1.54, 1.807) is 0 Å². The Morgan fingerprint density at radius 1 is 1.28 bits per heavy atom. The fraction of sp³-hybridized carbons (Fsp3) is 0.636. The Bertz CT molecular complexity index is 504. The summed E-state index contributed by atoms with van der Waals surface area (Å²) in [7, 11) is -3.47. The van der Waals surface area contributed by atoms with Gasteiger partial charge in [0.2, 0.25) is 10.0 Å². The van der Waals surface area contributed by atoms with Crippen molar-refractivity contribution in [3.8, 4) is 0 Å². The van der Waals surface area contributed by atoms with Crippen LogP contribution in [-0.4, -0.2) is 25.8 Å². The van der Waals surface area contributed by atoms with Crippen LogP contribution >= 0.6 is 15.9 Å². The summed E-state index contributed by atoms with van der Waals surface area (Å²) in [6, 6.07) is 1.50. The van der Waals surface area contributed by atoms with Crippen LogP contribution in [0.3, 0.4) is 0 Å². The minimum absolute atomic E-state index is 0.185. The largest absolute Gasteiger partial charge is 0.452 e. The van der Waals surface area contributed by atoms with Gasteiger partial charge in [-0.3, -0.25) is 0 Å². The number of furan rings is 1. The van der Waals surface area contributed by atoms with E-state index in [0.29, 0.717) is 18.8 Å². The molecule has 5 nitrogen and oxygen atoms in total. The molecule has 2 heterocycles. The minimum atomic E-state index is -3.47. The number of rotatable bonds is 3. The normalized spacial score (nSPS) is 18.8. The molecule has 2 N–H and O–H groups in total. The summed E-state index contributed by atoms with van der Waals surface area (Å²) in [6.45, 7) is 1.35. The average Bonchev–Trinajstić information content (AvgIpc) is 2.55. The highest BCUT2D eigenvalue weighted by Crippen LogP contribution is 2.29. The summed E-state index contributed by atoms with van der Waals surface area (Å²) in [5.74, 6) is 0.468. The van der Waals surface area contributed by atoms with Crippen molar-refractivity contribution in [1.82, 2.24) is 4.31 Å². The molecule has 0 saturated carbocycles. The molecule has 0 amide bonds. The highest BCUT2D eigenvalue weighted by atomic mass is 79.9. The van der Waals surface area contributed by atoms with Crippen molar-refractivity contribution in [3.63, 3.8) is 0 Å². The van der Waals surface area contributed by atoms with Crippen molar-refractivity contribution in [1.29, 1.82) is 0 Å². The summed E-state index contributed by atoms with van der Waals surface area (Å²) < 4.78 is 32.0. The number of nitrogens with zero attached hydrogens (tertiary/aromatic N) is 1. The summed E-state index contributed by atoms with van der Waals surface area (Å²) in [5.41, 5.74) is 5.46. The van der Waals surface area contributed by atoms with Gasteiger partial charge in [-0.1, -0.05) is 12.8 Å². The highest BCUT2D eigenvalue weighted by Gasteiger charge is 2.29. The maximum absolute atomic E-state index is 12.5. The average molecular weight is 337 g/mol. The Labute approximate surface area is 116 Å². The van der Waals surface area contributed by atoms with Gasteiger partial charge in [-0.2, -0.15) is 4.31 Å². The van der Waals surface area contributed by atoms with Crippen molar-refractivity contribution >= 4 is 26.0 Å². The van der Waals surface area contributed by atoms with Crippen LogP contribution in [0.2, 0.25) is 0 Å². The van der Waals surface area contributed by atoms with Crippen LogP contribution in [0.1, 0.15) is 31.4 Å². The van der Waals surface area contributed by atoms with Crippen LogP contribution in [0.15, 0.2) is 20.0 Å². The molecule has 0 aliphatic carbocycles. The van der Waals surface area contributed by atoms with E-state index in [0.717, 1.165) is 25.7 Å².